The zero-order valence-electron chi connectivity index (χ0n) is 20.6. The highest BCUT2D eigenvalue weighted by Gasteiger charge is 2.44. The van der Waals surface area contributed by atoms with E-state index in [4.69, 9.17) is 13.9 Å². The lowest BCUT2D eigenvalue weighted by Gasteiger charge is -2.26. The third kappa shape index (κ3) is 4.44. The monoisotopic (exact) mass is 559 g/mol. The summed E-state index contributed by atoms with van der Waals surface area (Å²) in [5, 5.41) is 0.407. The van der Waals surface area contributed by atoms with E-state index < -0.39 is 6.04 Å². The quantitative estimate of drug-likeness (QED) is 0.221. The summed E-state index contributed by atoms with van der Waals surface area (Å²) in [7, 11) is 0. The molecule has 0 saturated carbocycles. The minimum Gasteiger partial charge on any atom is -0.490 e. The minimum absolute atomic E-state index is 0.0503. The average Bonchev–Trinajstić information content (AvgIpc) is 3.21. The van der Waals surface area contributed by atoms with Crippen molar-refractivity contribution in [2.24, 2.45) is 0 Å². The lowest BCUT2D eigenvalue weighted by Crippen LogP contribution is -2.29. The number of halogens is 1. The van der Waals surface area contributed by atoms with Crippen molar-refractivity contribution in [3.8, 4) is 11.5 Å². The van der Waals surface area contributed by atoms with Gasteiger partial charge in [-0.1, -0.05) is 53.7 Å². The smallest absolute Gasteiger partial charge is 0.295 e. The Bertz CT molecular complexity index is 1560. The van der Waals surface area contributed by atoms with Gasteiger partial charge in [-0.05, 0) is 66.9 Å². The van der Waals surface area contributed by atoms with Crippen molar-refractivity contribution in [2.75, 3.05) is 18.1 Å². The van der Waals surface area contributed by atoms with Gasteiger partial charge in [-0.3, -0.25) is 14.5 Å². The molecule has 0 saturated heterocycles. The Balaban J connectivity index is 1.74. The lowest BCUT2D eigenvalue weighted by atomic mass is 9.97. The fourth-order valence-electron chi connectivity index (χ4n) is 4.65. The van der Waals surface area contributed by atoms with E-state index in [1.165, 1.54) is 0 Å². The number of ether oxygens (including phenoxy) is 2. The van der Waals surface area contributed by atoms with Crippen LogP contribution in [-0.4, -0.2) is 19.1 Å². The maximum absolute atomic E-state index is 13.9. The summed E-state index contributed by atoms with van der Waals surface area (Å²) in [5.41, 5.74) is 2.96. The zero-order valence-corrected chi connectivity index (χ0v) is 22.2. The van der Waals surface area contributed by atoms with Crippen LogP contribution in [0.3, 0.4) is 0 Å². The number of carbonyl (C=O) groups excluding carboxylic acids is 1. The first-order chi connectivity index (χ1) is 18.0. The molecule has 7 heteroatoms. The van der Waals surface area contributed by atoms with Crippen LogP contribution in [-0.2, 0) is 6.42 Å². The van der Waals surface area contributed by atoms with E-state index in [0.29, 0.717) is 52.5 Å². The number of fused-ring (bicyclic) bond motifs is 2. The normalized spacial score (nSPS) is 14.6. The molecule has 1 unspecified atom stereocenters. The Hall–Kier alpha value is -3.84. The van der Waals surface area contributed by atoms with Crippen molar-refractivity contribution < 1.29 is 18.7 Å². The number of hydrogen-bond acceptors (Lipinski definition) is 5. The topological polar surface area (TPSA) is 69.0 Å². The number of rotatable bonds is 8. The molecule has 6 nitrogen and oxygen atoms in total. The van der Waals surface area contributed by atoms with E-state index in [-0.39, 0.29) is 17.1 Å². The van der Waals surface area contributed by atoms with Gasteiger partial charge in [0.2, 0.25) is 5.76 Å². The molecule has 0 radical (unpaired) electrons. The molecule has 0 spiro atoms. The Morgan fingerprint density at radius 1 is 1.00 bits per heavy atom. The Morgan fingerprint density at radius 3 is 2.49 bits per heavy atom. The van der Waals surface area contributed by atoms with Gasteiger partial charge in [0.1, 0.15) is 12.2 Å². The summed E-state index contributed by atoms with van der Waals surface area (Å²) < 4.78 is 18.5. The summed E-state index contributed by atoms with van der Waals surface area (Å²) in [5.74, 6) is 0.769. The van der Waals surface area contributed by atoms with Gasteiger partial charge >= 0.3 is 0 Å². The molecule has 1 aromatic heterocycles. The number of carbonyl (C=O) groups is 1. The highest BCUT2D eigenvalue weighted by Crippen LogP contribution is 2.43. The van der Waals surface area contributed by atoms with Gasteiger partial charge in [0.25, 0.3) is 5.91 Å². The van der Waals surface area contributed by atoms with Crippen LogP contribution in [0.15, 0.2) is 87.0 Å². The van der Waals surface area contributed by atoms with Gasteiger partial charge in [0.05, 0.1) is 23.6 Å². The predicted octanol–water partition coefficient (Wildman–Crippen LogP) is 6.83. The number of anilines is 1. The molecule has 188 valence electrons. The Kier molecular flexibility index (Phi) is 6.89. The molecule has 4 aromatic rings. The van der Waals surface area contributed by atoms with E-state index >= 15 is 0 Å². The molecule has 1 aliphatic heterocycles. The molecule has 37 heavy (non-hydrogen) atoms. The van der Waals surface area contributed by atoms with Crippen LogP contribution in [0, 0.1) is 0 Å². The van der Waals surface area contributed by atoms with Gasteiger partial charge in [-0.25, -0.2) is 0 Å². The van der Waals surface area contributed by atoms with Crippen molar-refractivity contribution in [3.05, 3.63) is 110 Å². The van der Waals surface area contributed by atoms with E-state index in [9.17, 15) is 9.59 Å². The largest absolute Gasteiger partial charge is 0.490 e. The molecule has 0 fully saturated rings. The van der Waals surface area contributed by atoms with Gasteiger partial charge in [-0.2, -0.15) is 0 Å². The van der Waals surface area contributed by atoms with Crippen molar-refractivity contribution in [2.45, 2.75) is 26.3 Å². The third-order valence-electron chi connectivity index (χ3n) is 6.39. The minimum atomic E-state index is -0.706. The van der Waals surface area contributed by atoms with E-state index in [1.54, 1.807) is 35.2 Å². The van der Waals surface area contributed by atoms with Crippen molar-refractivity contribution in [1.82, 2.24) is 0 Å². The zero-order chi connectivity index (χ0) is 26.1. The van der Waals surface area contributed by atoms with E-state index in [0.717, 1.165) is 16.5 Å². The van der Waals surface area contributed by atoms with Crippen LogP contribution in [0.1, 0.15) is 47.1 Å². The van der Waals surface area contributed by atoms with Crippen LogP contribution < -0.4 is 19.8 Å². The van der Waals surface area contributed by atoms with Gasteiger partial charge < -0.3 is 13.9 Å². The lowest BCUT2D eigenvalue weighted by molar-refractivity contribution is 0.0971. The van der Waals surface area contributed by atoms with Crippen LogP contribution in [0.5, 0.6) is 11.5 Å². The molecule has 2 heterocycles. The molecule has 5 rings (SSSR count). The molecule has 0 bridgehead atoms. The highest BCUT2D eigenvalue weighted by atomic mass is 79.9. The van der Waals surface area contributed by atoms with Crippen molar-refractivity contribution >= 4 is 38.5 Å². The molecular formula is C30H26BrNO5. The first-order valence-electron chi connectivity index (χ1n) is 12.2. The van der Waals surface area contributed by atoms with Gasteiger partial charge in [0.15, 0.2) is 16.9 Å². The molecule has 1 aliphatic rings. The SMILES string of the molecule is C=CCOc1ccc(C2c3c(oc4ccc(Br)cc4c3=O)C(=O)N2c2ccc(CC)cc2)cc1OCC. The molecule has 1 amide bonds. The summed E-state index contributed by atoms with van der Waals surface area (Å²) in [6.07, 6.45) is 2.54. The van der Waals surface area contributed by atoms with Crippen LogP contribution in [0.4, 0.5) is 5.69 Å². The fourth-order valence-corrected chi connectivity index (χ4v) is 5.01. The molecular weight excluding hydrogens is 534 g/mol. The maximum atomic E-state index is 13.9. The van der Waals surface area contributed by atoms with Crippen molar-refractivity contribution in [1.29, 1.82) is 0 Å². The van der Waals surface area contributed by atoms with Crippen LogP contribution in [0.25, 0.3) is 11.0 Å². The number of amides is 1. The van der Waals surface area contributed by atoms with Gasteiger partial charge in [0, 0.05) is 10.2 Å². The second-order valence-corrected chi connectivity index (χ2v) is 9.57. The van der Waals surface area contributed by atoms with E-state index in [2.05, 4.69) is 29.4 Å². The summed E-state index contributed by atoms with van der Waals surface area (Å²) in [4.78, 5) is 29.3. The number of benzene rings is 3. The van der Waals surface area contributed by atoms with Gasteiger partial charge in [-0.15, -0.1) is 0 Å². The van der Waals surface area contributed by atoms with Crippen LogP contribution in [0.2, 0.25) is 0 Å². The summed E-state index contributed by atoms with van der Waals surface area (Å²) in [6.45, 7) is 8.42. The number of aryl methyl sites for hydroxylation is 1. The Morgan fingerprint density at radius 2 is 1.78 bits per heavy atom. The second-order valence-electron chi connectivity index (χ2n) is 8.65. The third-order valence-corrected chi connectivity index (χ3v) is 6.89. The van der Waals surface area contributed by atoms with Crippen LogP contribution >= 0.6 is 15.9 Å². The first-order valence-corrected chi connectivity index (χ1v) is 12.9. The molecule has 0 aliphatic carbocycles. The number of hydrogen-bond donors (Lipinski definition) is 0. The van der Waals surface area contributed by atoms with Crippen molar-refractivity contribution in [3.63, 3.8) is 0 Å². The Labute approximate surface area is 223 Å². The van der Waals surface area contributed by atoms with E-state index in [1.807, 2.05) is 43.3 Å². The standard InChI is InChI=1S/C30H26BrNO5/c1-4-15-36-24-13-9-19(16-25(24)35-6-3)27-26-28(33)22-17-20(31)10-14-23(22)37-29(26)30(34)32(27)21-11-7-18(5-2)8-12-21/h4,7-14,16-17,27H,1,5-6,15H2,2-3H3. The first kappa shape index (κ1) is 24.8. The number of nitrogens with zero attached hydrogens (tertiary/aromatic N) is 1. The fraction of sp³-hybridized carbons (Fsp3) is 0.200. The summed E-state index contributed by atoms with van der Waals surface area (Å²) >= 11 is 3.44. The average molecular weight is 560 g/mol. The predicted molar refractivity (Wildman–Crippen MR) is 148 cm³/mol. The second kappa shape index (κ2) is 10.3. The summed E-state index contributed by atoms with van der Waals surface area (Å²) in [6, 6.07) is 17.8. The highest BCUT2D eigenvalue weighted by molar-refractivity contribution is 9.10. The molecule has 1 atom stereocenters. The molecule has 3 aromatic carbocycles. The molecule has 0 N–H and O–H groups in total. The maximum Gasteiger partial charge on any atom is 0.295 e.